The van der Waals surface area contributed by atoms with Gasteiger partial charge >= 0.3 is 0 Å². The molecule has 1 atom stereocenters. The van der Waals surface area contributed by atoms with Gasteiger partial charge in [-0.05, 0) is 23.6 Å². The molecular weight excluding hydrogens is 425 g/mol. The van der Waals surface area contributed by atoms with Crippen LogP contribution >= 0.6 is 11.3 Å². The third-order valence-corrected chi connectivity index (χ3v) is 6.10. The van der Waals surface area contributed by atoms with Crippen LogP contribution in [0.15, 0.2) is 71.1 Å². The Kier molecular flexibility index (Phi) is 5.40. The van der Waals surface area contributed by atoms with Crippen molar-refractivity contribution in [2.75, 3.05) is 11.0 Å². The van der Waals surface area contributed by atoms with Crippen molar-refractivity contribution in [3.63, 3.8) is 0 Å². The predicted octanol–water partition coefficient (Wildman–Crippen LogP) is 4.25. The molecule has 1 amide bonds. The van der Waals surface area contributed by atoms with E-state index in [2.05, 4.69) is 9.82 Å². The molecule has 0 radical (unpaired) electrons. The number of carbonyl (C=O) groups is 1. The molecule has 0 saturated heterocycles. The summed E-state index contributed by atoms with van der Waals surface area (Å²) in [7, 11) is -3.51. The van der Waals surface area contributed by atoms with E-state index in [1.165, 1.54) is 22.4 Å². The van der Waals surface area contributed by atoms with Gasteiger partial charge in [-0.3, -0.25) is 9.52 Å². The lowest BCUT2D eigenvalue weighted by Crippen LogP contribution is -2.27. The molecule has 2 heterocycles. The number of hydrogen-bond donors (Lipinski definition) is 1. The van der Waals surface area contributed by atoms with Crippen molar-refractivity contribution >= 4 is 38.7 Å². The molecule has 0 unspecified atom stereocenters. The first kappa shape index (κ1) is 20.2. The minimum atomic E-state index is -3.51. The number of anilines is 1. The van der Waals surface area contributed by atoms with Crippen molar-refractivity contribution in [2.45, 2.75) is 12.5 Å². The molecule has 3 aromatic rings. The molecule has 6 nitrogen and oxygen atoms in total. The number of halogens is 1. The fraction of sp³-hybridized carbons (Fsp3) is 0.143. The van der Waals surface area contributed by atoms with E-state index in [0.717, 1.165) is 6.26 Å². The summed E-state index contributed by atoms with van der Waals surface area (Å²) in [4.78, 5) is 13.6. The molecule has 4 rings (SSSR count). The van der Waals surface area contributed by atoms with Crippen LogP contribution in [0.3, 0.4) is 0 Å². The highest BCUT2D eigenvalue weighted by Gasteiger charge is 2.36. The number of rotatable bonds is 5. The second-order valence-corrected chi connectivity index (χ2v) is 9.53. The predicted molar refractivity (Wildman–Crippen MR) is 116 cm³/mol. The van der Waals surface area contributed by atoms with Gasteiger partial charge in [-0.2, -0.15) is 5.10 Å². The fourth-order valence-corrected chi connectivity index (χ4v) is 4.62. The third kappa shape index (κ3) is 4.12. The standard InChI is InChI=1S/C21H18FN3O3S2/c1-30(27,28)24-17-10-5-3-8-15(17)18-13-19(14-7-2-4-9-16(14)22)25(23-18)21(26)20-11-6-12-29-20/h2-12,19,24H,13H2,1H3/t19-/m0/s1. The number of amides is 1. The summed E-state index contributed by atoms with van der Waals surface area (Å²) in [6.07, 6.45) is 1.31. The van der Waals surface area contributed by atoms with Crippen LogP contribution in [-0.2, 0) is 10.0 Å². The van der Waals surface area contributed by atoms with Crippen LogP contribution in [0.4, 0.5) is 10.1 Å². The second kappa shape index (κ2) is 8.00. The fourth-order valence-electron chi connectivity index (χ4n) is 3.38. The Labute approximate surface area is 177 Å². The Hall–Kier alpha value is -3.04. The largest absolute Gasteiger partial charge is 0.284 e. The summed E-state index contributed by atoms with van der Waals surface area (Å²) >= 11 is 1.28. The minimum Gasteiger partial charge on any atom is -0.283 e. The van der Waals surface area contributed by atoms with Crippen molar-refractivity contribution in [1.82, 2.24) is 5.01 Å². The van der Waals surface area contributed by atoms with Gasteiger partial charge < -0.3 is 0 Å². The van der Waals surface area contributed by atoms with Crippen molar-refractivity contribution in [3.05, 3.63) is 87.9 Å². The summed E-state index contributed by atoms with van der Waals surface area (Å²) < 4.78 is 40.6. The Morgan fingerprint density at radius 3 is 2.57 bits per heavy atom. The maximum Gasteiger partial charge on any atom is 0.284 e. The summed E-state index contributed by atoms with van der Waals surface area (Å²) in [5.74, 6) is -0.757. The molecular formula is C21H18FN3O3S2. The second-order valence-electron chi connectivity index (χ2n) is 6.83. The van der Waals surface area contributed by atoms with Crippen molar-refractivity contribution in [3.8, 4) is 0 Å². The monoisotopic (exact) mass is 443 g/mol. The highest BCUT2D eigenvalue weighted by molar-refractivity contribution is 7.92. The highest BCUT2D eigenvalue weighted by Crippen LogP contribution is 2.37. The van der Waals surface area contributed by atoms with Crippen molar-refractivity contribution < 1.29 is 17.6 Å². The lowest BCUT2D eigenvalue weighted by atomic mass is 9.97. The van der Waals surface area contributed by atoms with E-state index in [1.807, 2.05) is 0 Å². The lowest BCUT2D eigenvalue weighted by molar-refractivity contribution is 0.0713. The Morgan fingerprint density at radius 1 is 1.13 bits per heavy atom. The number of hydrazone groups is 1. The average molecular weight is 444 g/mol. The Bertz CT molecular complexity index is 1220. The van der Waals surface area contributed by atoms with Crippen LogP contribution in [0, 0.1) is 5.82 Å². The Balaban J connectivity index is 1.78. The van der Waals surface area contributed by atoms with Crippen LogP contribution in [-0.4, -0.2) is 31.3 Å². The summed E-state index contributed by atoms with van der Waals surface area (Å²) in [6, 6.07) is 15.9. The summed E-state index contributed by atoms with van der Waals surface area (Å²) in [6.45, 7) is 0. The van der Waals surface area contributed by atoms with Crippen molar-refractivity contribution in [2.24, 2.45) is 5.10 Å². The topological polar surface area (TPSA) is 78.8 Å². The van der Waals surface area contributed by atoms with E-state index >= 15 is 0 Å². The number of para-hydroxylation sites is 1. The maximum absolute atomic E-state index is 14.6. The van der Waals surface area contributed by atoms with Crippen LogP contribution in [0.5, 0.6) is 0 Å². The number of sulfonamides is 1. The van der Waals surface area contributed by atoms with E-state index in [1.54, 1.807) is 60.0 Å². The smallest absolute Gasteiger partial charge is 0.283 e. The van der Waals surface area contributed by atoms with Crippen LogP contribution in [0.2, 0.25) is 0 Å². The normalized spacial score (nSPS) is 16.4. The van der Waals surface area contributed by atoms with E-state index < -0.39 is 21.9 Å². The maximum atomic E-state index is 14.6. The van der Waals surface area contributed by atoms with Gasteiger partial charge in [0.1, 0.15) is 5.82 Å². The summed E-state index contributed by atoms with van der Waals surface area (Å²) in [5.41, 5.74) is 1.76. The molecule has 1 aliphatic rings. The van der Waals surface area contributed by atoms with Gasteiger partial charge in [-0.1, -0.05) is 42.5 Å². The first-order valence-electron chi connectivity index (χ1n) is 9.09. The van der Waals surface area contributed by atoms with Crippen molar-refractivity contribution in [1.29, 1.82) is 0 Å². The quantitative estimate of drug-likeness (QED) is 0.640. The number of thiophene rings is 1. The first-order valence-corrected chi connectivity index (χ1v) is 11.9. The zero-order valence-electron chi connectivity index (χ0n) is 15.9. The molecule has 0 bridgehead atoms. The molecule has 1 aromatic heterocycles. The lowest BCUT2D eigenvalue weighted by Gasteiger charge is -2.21. The zero-order valence-corrected chi connectivity index (χ0v) is 17.6. The van der Waals surface area contributed by atoms with Gasteiger partial charge in [-0.15, -0.1) is 11.3 Å². The molecule has 154 valence electrons. The molecule has 2 aromatic carbocycles. The van der Waals surface area contributed by atoms with E-state index in [9.17, 15) is 17.6 Å². The van der Waals surface area contributed by atoms with Gasteiger partial charge in [0.05, 0.1) is 28.6 Å². The number of hydrogen-bond acceptors (Lipinski definition) is 5. The first-order chi connectivity index (χ1) is 14.3. The molecule has 0 fully saturated rings. The zero-order chi connectivity index (χ0) is 21.3. The number of nitrogens with zero attached hydrogens (tertiary/aromatic N) is 2. The van der Waals surface area contributed by atoms with E-state index in [-0.39, 0.29) is 12.3 Å². The minimum absolute atomic E-state index is 0.250. The van der Waals surface area contributed by atoms with Gasteiger partial charge in [0.15, 0.2) is 0 Å². The number of benzene rings is 2. The SMILES string of the molecule is CS(=O)(=O)Nc1ccccc1C1=NN(C(=O)c2cccs2)[C@H](c2ccccc2F)C1. The van der Waals surface area contributed by atoms with Gasteiger partial charge in [0, 0.05) is 17.5 Å². The number of carbonyl (C=O) groups excluding carboxylic acids is 1. The van der Waals surface area contributed by atoms with Crippen LogP contribution in [0.1, 0.15) is 33.3 Å². The van der Waals surface area contributed by atoms with Gasteiger partial charge in [0.2, 0.25) is 10.0 Å². The Morgan fingerprint density at radius 2 is 1.87 bits per heavy atom. The van der Waals surface area contributed by atoms with E-state index in [4.69, 9.17) is 0 Å². The molecule has 1 N–H and O–H groups in total. The highest BCUT2D eigenvalue weighted by atomic mass is 32.2. The molecule has 0 aliphatic carbocycles. The third-order valence-electron chi connectivity index (χ3n) is 4.65. The molecule has 0 saturated carbocycles. The molecule has 0 spiro atoms. The van der Waals surface area contributed by atoms with Gasteiger partial charge in [0.25, 0.3) is 5.91 Å². The van der Waals surface area contributed by atoms with Crippen LogP contribution in [0.25, 0.3) is 0 Å². The van der Waals surface area contributed by atoms with E-state index in [0.29, 0.717) is 27.4 Å². The molecule has 1 aliphatic heterocycles. The van der Waals surface area contributed by atoms with Crippen LogP contribution < -0.4 is 4.72 Å². The molecule has 30 heavy (non-hydrogen) atoms. The average Bonchev–Trinajstić information content (AvgIpc) is 3.37. The van der Waals surface area contributed by atoms with Gasteiger partial charge in [-0.25, -0.2) is 17.8 Å². The number of nitrogens with one attached hydrogen (secondary N) is 1. The summed E-state index contributed by atoms with van der Waals surface area (Å²) in [5, 5.41) is 7.59. The molecule has 9 heteroatoms.